The molecule has 0 aliphatic heterocycles. The number of aliphatic carboxylic acids is 1. The third kappa shape index (κ3) is 27.4. The van der Waals surface area contributed by atoms with Crippen LogP contribution in [0.5, 0.6) is 0 Å². The molecule has 0 aliphatic carbocycles. The lowest BCUT2D eigenvalue weighted by molar-refractivity contribution is -0.137. The first kappa shape index (κ1) is 30.4. The number of hydrogen-bond donors (Lipinski definition) is 2. The molecule has 0 bridgehead atoms. The van der Waals surface area contributed by atoms with Crippen LogP contribution in [-0.4, -0.2) is 22.3 Å². The van der Waals surface area contributed by atoms with Crippen LogP contribution < -0.4 is 0 Å². The second-order valence-corrected chi connectivity index (χ2v) is 9.80. The normalized spacial score (nSPS) is 12.3. The van der Waals surface area contributed by atoms with E-state index in [4.69, 9.17) is 5.11 Å². The smallest absolute Gasteiger partial charge is 0.303 e. The molecule has 0 aromatic heterocycles. The third-order valence-corrected chi connectivity index (χ3v) is 6.57. The summed E-state index contributed by atoms with van der Waals surface area (Å²) < 4.78 is 0. The van der Waals surface area contributed by atoms with Crippen molar-refractivity contribution in [2.24, 2.45) is 0 Å². The maximum absolute atomic E-state index is 10.4. The number of unbranched alkanes of at least 4 members (excludes halogenated alkanes) is 20. The van der Waals surface area contributed by atoms with Crippen molar-refractivity contribution in [2.45, 2.75) is 174 Å². The molecule has 186 valence electrons. The Hall–Kier alpha value is -0.570. The van der Waals surface area contributed by atoms with E-state index in [2.05, 4.69) is 6.92 Å². The Morgan fingerprint density at radius 3 is 1.13 bits per heavy atom. The van der Waals surface area contributed by atoms with Gasteiger partial charge in [-0.25, -0.2) is 0 Å². The molecule has 3 heteroatoms. The summed E-state index contributed by atoms with van der Waals surface area (Å²) in [5, 5.41) is 18.7. The van der Waals surface area contributed by atoms with Crippen molar-refractivity contribution in [3.8, 4) is 0 Å². The van der Waals surface area contributed by atoms with Crippen LogP contribution in [0.15, 0.2) is 0 Å². The Balaban J connectivity index is 3.14. The maximum atomic E-state index is 10.4. The first-order chi connectivity index (χ1) is 15.2. The number of rotatable bonds is 26. The topological polar surface area (TPSA) is 57.5 Å². The van der Waals surface area contributed by atoms with Crippen LogP contribution in [0.25, 0.3) is 0 Å². The summed E-state index contributed by atoms with van der Waals surface area (Å²) in [4.78, 5) is 10.4. The van der Waals surface area contributed by atoms with Crippen molar-refractivity contribution in [3.05, 3.63) is 0 Å². The van der Waals surface area contributed by atoms with Gasteiger partial charge < -0.3 is 10.2 Å². The van der Waals surface area contributed by atoms with Gasteiger partial charge in [-0.3, -0.25) is 4.79 Å². The largest absolute Gasteiger partial charge is 0.481 e. The minimum absolute atomic E-state index is 0.0995. The molecule has 2 N–H and O–H groups in total. The molecule has 0 aromatic carbocycles. The first-order valence-corrected chi connectivity index (χ1v) is 14.1. The summed E-state index contributed by atoms with van der Waals surface area (Å²) in [6, 6.07) is 0. The zero-order chi connectivity index (χ0) is 22.8. The van der Waals surface area contributed by atoms with Crippen molar-refractivity contribution >= 4 is 5.97 Å². The van der Waals surface area contributed by atoms with E-state index in [-0.39, 0.29) is 6.10 Å². The summed E-state index contributed by atoms with van der Waals surface area (Å²) in [5.74, 6) is -0.678. The molecule has 0 aromatic rings. The van der Waals surface area contributed by atoms with Gasteiger partial charge in [-0.1, -0.05) is 142 Å². The summed E-state index contributed by atoms with van der Waals surface area (Å²) in [6.07, 6.45) is 30.7. The molecule has 0 amide bonds. The van der Waals surface area contributed by atoms with Gasteiger partial charge in [0.1, 0.15) is 0 Å². The number of hydrogen-bond acceptors (Lipinski definition) is 2. The highest BCUT2D eigenvalue weighted by molar-refractivity contribution is 5.66. The van der Waals surface area contributed by atoms with Gasteiger partial charge in [-0.15, -0.1) is 0 Å². The molecule has 0 saturated carbocycles. The lowest BCUT2D eigenvalue weighted by Gasteiger charge is -2.10. The Morgan fingerprint density at radius 2 is 0.806 bits per heavy atom. The summed E-state index contributed by atoms with van der Waals surface area (Å²) in [6.45, 7) is 2.28. The highest BCUT2D eigenvalue weighted by atomic mass is 16.4. The molecule has 0 aliphatic rings. The third-order valence-electron chi connectivity index (χ3n) is 6.57. The molecule has 1 unspecified atom stereocenters. The molecule has 0 spiro atoms. The fourth-order valence-electron chi connectivity index (χ4n) is 4.44. The first-order valence-electron chi connectivity index (χ1n) is 14.1. The van der Waals surface area contributed by atoms with Gasteiger partial charge >= 0.3 is 5.97 Å². The molecule has 3 nitrogen and oxygen atoms in total. The van der Waals surface area contributed by atoms with E-state index in [0.717, 1.165) is 38.5 Å². The van der Waals surface area contributed by atoms with Gasteiger partial charge in [-0.2, -0.15) is 0 Å². The van der Waals surface area contributed by atoms with Crippen molar-refractivity contribution in [3.63, 3.8) is 0 Å². The minimum atomic E-state index is -0.678. The van der Waals surface area contributed by atoms with Crippen LogP contribution in [0.2, 0.25) is 0 Å². The number of aliphatic hydroxyl groups excluding tert-OH is 1. The monoisotopic (exact) mass is 440 g/mol. The SMILES string of the molecule is CCCCCCCCCCCCCCCCCC(O)CCCCCCCCCC(=O)O. The molecular weight excluding hydrogens is 384 g/mol. The molecule has 31 heavy (non-hydrogen) atoms. The highest BCUT2D eigenvalue weighted by Crippen LogP contribution is 2.16. The Bertz CT molecular complexity index is 356. The molecule has 0 fully saturated rings. The second-order valence-electron chi connectivity index (χ2n) is 9.80. The van der Waals surface area contributed by atoms with E-state index in [0.29, 0.717) is 6.42 Å². The summed E-state index contributed by atoms with van der Waals surface area (Å²) in [7, 11) is 0. The summed E-state index contributed by atoms with van der Waals surface area (Å²) >= 11 is 0. The number of carboxylic acid groups (broad SMARTS) is 1. The van der Waals surface area contributed by atoms with Crippen LogP contribution in [0, 0.1) is 0 Å². The van der Waals surface area contributed by atoms with Crippen molar-refractivity contribution in [1.82, 2.24) is 0 Å². The van der Waals surface area contributed by atoms with E-state index in [1.54, 1.807) is 0 Å². The van der Waals surface area contributed by atoms with Gasteiger partial charge in [-0.05, 0) is 19.3 Å². The molecule has 1 atom stereocenters. The van der Waals surface area contributed by atoms with E-state index < -0.39 is 5.97 Å². The Kier molecular flexibility index (Phi) is 25.2. The van der Waals surface area contributed by atoms with Crippen LogP contribution in [0.1, 0.15) is 167 Å². The summed E-state index contributed by atoms with van der Waals surface area (Å²) in [5.41, 5.74) is 0. The molecule has 0 rings (SSSR count). The van der Waals surface area contributed by atoms with Gasteiger partial charge in [0, 0.05) is 6.42 Å². The van der Waals surface area contributed by atoms with Crippen LogP contribution in [-0.2, 0) is 4.79 Å². The predicted octanol–water partition coefficient (Wildman–Crippen LogP) is 9.20. The fraction of sp³-hybridized carbons (Fsp3) is 0.964. The molecule has 0 saturated heterocycles. The van der Waals surface area contributed by atoms with Crippen LogP contribution in [0.4, 0.5) is 0 Å². The van der Waals surface area contributed by atoms with Gasteiger partial charge in [0.2, 0.25) is 0 Å². The van der Waals surface area contributed by atoms with E-state index in [1.807, 2.05) is 0 Å². The quantitative estimate of drug-likeness (QED) is 0.132. The fourth-order valence-corrected chi connectivity index (χ4v) is 4.44. The minimum Gasteiger partial charge on any atom is -0.481 e. The molecular formula is C28H56O3. The Morgan fingerprint density at radius 1 is 0.516 bits per heavy atom. The van der Waals surface area contributed by atoms with E-state index in [9.17, 15) is 9.90 Å². The molecule has 0 heterocycles. The second kappa shape index (κ2) is 25.7. The Labute approximate surface area is 194 Å². The standard InChI is InChI=1S/C28H56O3/c1-2-3-4-5-6-7-8-9-10-11-12-13-15-18-21-24-27(29)25-22-19-16-14-17-20-23-26-28(30)31/h27,29H,2-26H2,1H3,(H,30,31). The predicted molar refractivity (Wildman–Crippen MR) is 135 cm³/mol. The van der Waals surface area contributed by atoms with E-state index in [1.165, 1.54) is 116 Å². The van der Waals surface area contributed by atoms with Crippen molar-refractivity contribution < 1.29 is 15.0 Å². The lowest BCUT2D eigenvalue weighted by atomic mass is 10.0. The number of carboxylic acids is 1. The average Bonchev–Trinajstić information content (AvgIpc) is 2.75. The maximum Gasteiger partial charge on any atom is 0.303 e. The van der Waals surface area contributed by atoms with Crippen LogP contribution >= 0.6 is 0 Å². The van der Waals surface area contributed by atoms with Crippen molar-refractivity contribution in [2.75, 3.05) is 0 Å². The van der Waals surface area contributed by atoms with Crippen molar-refractivity contribution in [1.29, 1.82) is 0 Å². The van der Waals surface area contributed by atoms with Gasteiger partial charge in [0.15, 0.2) is 0 Å². The zero-order valence-electron chi connectivity index (χ0n) is 21.1. The van der Waals surface area contributed by atoms with E-state index >= 15 is 0 Å². The van der Waals surface area contributed by atoms with Gasteiger partial charge in [0.25, 0.3) is 0 Å². The van der Waals surface area contributed by atoms with Crippen LogP contribution in [0.3, 0.4) is 0 Å². The number of aliphatic hydroxyl groups is 1. The highest BCUT2D eigenvalue weighted by Gasteiger charge is 2.04. The number of carbonyl (C=O) groups is 1. The van der Waals surface area contributed by atoms with Gasteiger partial charge in [0.05, 0.1) is 6.10 Å². The zero-order valence-corrected chi connectivity index (χ0v) is 21.1. The average molecular weight is 441 g/mol. The lowest BCUT2D eigenvalue weighted by Crippen LogP contribution is -2.05. The molecule has 0 radical (unpaired) electrons.